The van der Waals surface area contributed by atoms with Crippen molar-refractivity contribution >= 4 is 28.9 Å². The van der Waals surface area contributed by atoms with Crippen LogP contribution in [0.1, 0.15) is 19.8 Å². The van der Waals surface area contributed by atoms with Gasteiger partial charge in [0.25, 0.3) is 0 Å². The van der Waals surface area contributed by atoms with E-state index < -0.39 is 0 Å². The molecule has 1 aliphatic heterocycles. The van der Waals surface area contributed by atoms with Crippen LogP contribution in [0.5, 0.6) is 0 Å². The summed E-state index contributed by atoms with van der Waals surface area (Å²) in [6.45, 7) is 5.10. The van der Waals surface area contributed by atoms with Gasteiger partial charge in [-0.3, -0.25) is 4.99 Å². The molecule has 0 aromatic rings. The minimum absolute atomic E-state index is 0.132. The van der Waals surface area contributed by atoms with E-state index in [1.165, 1.54) is 12.8 Å². The number of unbranched alkanes of at least 4 members (excludes halogenated alkanes) is 1. The Balaban J connectivity index is 1.93. The molecule has 0 saturated heterocycles. The van der Waals surface area contributed by atoms with Crippen LogP contribution in [0.4, 0.5) is 0 Å². The molecule has 2 rings (SSSR count). The van der Waals surface area contributed by atoms with Crippen molar-refractivity contribution in [3.63, 3.8) is 0 Å². The van der Waals surface area contributed by atoms with Crippen LogP contribution < -0.4 is 5.32 Å². The molecule has 1 unspecified atom stereocenters. The number of amidine groups is 1. The first kappa shape index (κ1) is 15.1. The molecule has 0 amide bonds. The summed E-state index contributed by atoms with van der Waals surface area (Å²) in [6, 6.07) is 0. The van der Waals surface area contributed by atoms with Gasteiger partial charge in [-0.25, -0.2) is 4.99 Å². The van der Waals surface area contributed by atoms with Gasteiger partial charge in [-0.15, -0.1) is 0 Å². The second-order valence-corrected chi connectivity index (χ2v) is 5.50. The molecular formula is C15H22N4S. The van der Waals surface area contributed by atoms with E-state index in [1.807, 2.05) is 18.2 Å². The average molecular weight is 290 g/mol. The zero-order chi connectivity index (χ0) is 14.4. The van der Waals surface area contributed by atoms with Gasteiger partial charge >= 0.3 is 0 Å². The van der Waals surface area contributed by atoms with Crippen LogP contribution in [0.25, 0.3) is 0 Å². The maximum atomic E-state index is 5.16. The summed E-state index contributed by atoms with van der Waals surface area (Å²) in [5.74, 6) is 1.05. The third-order valence-corrected chi connectivity index (χ3v) is 3.61. The maximum absolute atomic E-state index is 5.16. The molecule has 0 aromatic carbocycles. The monoisotopic (exact) mass is 290 g/mol. The number of hydrogen-bond acceptors (Lipinski definition) is 3. The Morgan fingerprint density at radius 1 is 1.40 bits per heavy atom. The fraction of sp³-hybridized carbons (Fsp3) is 0.533. The van der Waals surface area contributed by atoms with Crippen molar-refractivity contribution < 1.29 is 0 Å². The smallest absolute Gasteiger partial charge is 0.198 e. The average Bonchev–Trinajstić information content (AvgIpc) is 2.45. The number of hydrogen-bond donors (Lipinski definition) is 1. The van der Waals surface area contributed by atoms with Crippen molar-refractivity contribution in [3.05, 3.63) is 24.3 Å². The highest BCUT2D eigenvalue weighted by Gasteiger charge is 2.24. The second kappa shape index (κ2) is 7.45. The van der Waals surface area contributed by atoms with E-state index in [9.17, 15) is 0 Å². The molecule has 0 spiro atoms. The van der Waals surface area contributed by atoms with Crippen LogP contribution in [-0.2, 0) is 0 Å². The number of nitrogens with zero attached hydrogens (tertiary/aromatic N) is 3. The molecule has 5 heteroatoms. The van der Waals surface area contributed by atoms with E-state index in [1.54, 1.807) is 0 Å². The number of aliphatic imine (C=N–C) groups is 2. The van der Waals surface area contributed by atoms with E-state index >= 15 is 0 Å². The summed E-state index contributed by atoms with van der Waals surface area (Å²) < 4.78 is 0. The number of fused-ring (bicyclic) bond motifs is 1. The summed E-state index contributed by atoms with van der Waals surface area (Å²) in [4.78, 5) is 11.3. The van der Waals surface area contributed by atoms with E-state index in [-0.39, 0.29) is 5.92 Å². The molecule has 1 N–H and O–H groups in total. The fourth-order valence-corrected chi connectivity index (χ4v) is 2.43. The molecule has 108 valence electrons. The van der Waals surface area contributed by atoms with Gasteiger partial charge in [0.2, 0.25) is 0 Å². The van der Waals surface area contributed by atoms with Gasteiger partial charge in [-0.1, -0.05) is 31.6 Å². The lowest BCUT2D eigenvalue weighted by molar-refractivity contribution is 0.337. The third kappa shape index (κ3) is 4.08. The Hall–Kier alpha value is -1.33. The predicted octanol–water partition coefficient (Wildman–Crippen LogP) is 2.19. The minimum atomic E-state index is 0.132. The molecular weight excluding hydrogens is 268 g/mol. The largest absolute Gasteiger partial charge is 0.319 e. The van der Waals surface area contributed by atoms with Crippen LogP contribution >= 0.6 is 12.2 Å². The van der Waals surface area contributed by atoms with Crippen molar-refractivity contribution in [2.45, 2.75) is 19.8 Å². The highest BCUT2D eigenvalue weighted by Crippen LogP contribution is 2.15. The SMILES string of the molecule is CCCCN(C)CCN=C1NC(=S)N=C2C=CC=CC21. The topological polar surface area (TPSA) is 40.0 Å². The minimum Gasteiger partial charge on any atom is -0.319 e. The third-order valence-electron chi connectivity index (χ3n) is 3.42. The van der Waals surface area contributed by atoms with Crippen molar-refractivity contribution in [1.82, 2.24) is 10.2 Å². The van der Waals surface area contributed by atoms with Crippen LogP contribution in [0, 0.1) is 5.92 Å². The van der Waals surface area contributed by atoms with Gasteiger partial charge in [0.1, 0.15) is 5.84 Å². The zero-order valence-electron chi connectivity index (χ0n) is 12.2. The van der Waals surface area contributed by atoms with E-state index in [0.717, 1.165) is 31.2 Å². The molecule has 1 heterocycles. The molecule has 1 aliphatic carbocycles. The van der Waals surface area contributed by atoms with Gasteiger partial charge in [0, 0.05) is 6.54 Å². The van der Waals surface area contributed by atoms with E-state index in [4.69, 9.17) is 12.2 Å². The van der Waals surface area contributed by atoms with E-state index in [2.05, 4.69) is 40.2 Å². The fourth-order valence-electron chi connectivity index (χ4n) is 2.22. The summed E-state index contributed by atoms with van der Waals surface area (Å²) in [5, 5.41) is 3.63. The van der Waals surface area contributed by atoms with Gasteiger partial charge in [0.05, 0.1) is 18.2 Å². The number of nitrogens with one attached hydrogen (secondary N) is 1. The Morgan fingerprint density at radius 3 is 3.05 bits per heavy atom. The highest BCUT2D eigenvalue weighted by molar-refractivity contribution is 7.80. The van der Waals surface area contributed by atoms with Crippen LogP contribution in [0.2, 0.25) is 0 Å². The zero-order valence-corrected chi connectivity index (χ0v) is 13.0. The first-order chi connectivity index (χ1) is 9.70. The lowest BCUT2D eigenvalue weighted by Gasteiger charge is -2.24. The molecule has 0 fully saturated rings. The van der Waals surface area contributed by atoms with Crippen LogP contribution in [0.3, 0.4) is 0 Å². The van der Waals surface area contributed by atoms with Crippen molar-refractivity contribution in [3.8, 4) is 0 Å². The number of likely N-dealkylation sites (N-methyl/N-ethyl adjacent to an activating group) is 1. The predicted molar refractivity (Wildman–Crippen MR) is 89.6 cm³/mol. The quantitative estimate of drug-likeness (QED) is 0.762. The number of allylic oxidation sites excluding steroid dienone is 3. The van der Waals surface area contributed by atoms with Crippen molar-refractivity contribution in [2.75, 3.05) is 26.7 Å². The Labute approximate surface area is 126 Å². The first-order valence-electron chi connectivity index (χ1n) is 7.18. The summed E-state index contributed by atoms with van der Waals surface area (Å²) >= 11 is 5.16. The molecule has 4 nitrogen and oxygen atoms in total. The van der Waals surface area contributed by atoms with E-state index in [0.29, 0.717) is 5.11 Å². The molecule has 2 aliphatic rings. The van der Waals surface area contributed by atoms with Crippen LogP contribution in [-0.4, -0.2) is 48.2 Å². The molecule has 0 saturated carbocycles. The highest BCUT2D eigenvalue weighted by atomic mass is 32.1. The lowest BCUT2D eigenvalue weighted by Crippen LogP contribution is -2.42. The Bertz CT molecular complexity index is 476. The molecule has 0 radical (unpaired) electrons. The van der Waals surface area contributed by atoms with Gasteiger partial charge in [-0.2, -0.15) is 0 Å². The van der Waals surface area contributed by atoms with Gasteiger partial charge in [-0.05, 0) is 38.3 Å². The molecule has 0 bridgehead atoms. The lowest BCUT2D eigenvalue weighted by atomic mass is 9.96. The Morgan fingerprint density at radius 2 is 2.25 bits per heavy atom. The Kier molecular flexibility index (Phi) is 5.61. The van der Waals surface area contributed by atoms with Gasteiger partial charge in [0.15, 0.2) is 5.11 Å². The molecule has 1 atom stereocenters. The summed E-state index contributed by atoms with van der Waals surface area (Å²) in [6.07, 6.45) is 10.6. The van der Waals surface area contributed by atoms with Gasteiger partial charge < -0.3 is 10.2 Å². The van der Waals surface area contributed by atoms with Crippen molar-refractivity contribution in [2.24, 2.45) is 15.9 Å². The molecule has 20 heavy (non-hydrogen) atoms. The summed E-state index contributed by atoms with van der Waals surface area (Å²) in [5.41, 5.74) is 0.981. The van der Waals surface area contributed by atoms with Crippen molar-refractivity contribution in [1.29, 1.82) is 0 Å². The normalized spacial score (nSPS) is 22.9. The molecule has 0 aromatic heterocycles. The second-order valence-electron chi connectivity index (χ2n) is 5.11. The summed E-state index contributed by atoms with van der Waals surface area (Å²) in [7, 11) is 2.14. The number of rotatable bonds is 6. The standard InChI is InChI=1S/C15H22N4S/c1-3-4-10-19(2)11-9-16-14-12-7-5-6-8-13(12)17-15(20)18-14/h5-8,12H,3-4,9-11H2,1-2H3,(H,16,18,20). The number of thiocarbonyl (C=S) groups is 1. The van der Waals surface area contributed by atoms with Crippen LogP contribution in [0.15, 0.2) is 34.3 Å². The maximum Gasteiger partial charge on any atom is 0.198 e. The first-order valence-corrected chi connectivity index (χ1v) is 7.59.